The third kappa shape index (κ3) is 4.42. The second kappa shape index (κ2) is 8.68. The summed E-state index contributed by atoms with van der Waals surface area (Å²) in [6, 6.07) is 9.47. The van der Waals surface area contributed by atoms with Gasteiger partial charge >= 0.3 is 0 Å². The Morgan fingerprint density at radius 1 is 1.06 bits per heavy atom. The maximum absolute atomic E-state index is 12.1. The van der Waals surface area contributed by atoms with Crippen molar-refractivity contribution in [1.29, 1.82) is 0 Å². The van der Waals surface area contributed by atoms with E-state index in [2.05, 4.69) is 25.6 Å². The van der Waals surface area contributed by atoms with Crippen molar-refractivity contribution in [2.24, 2.45) is 0 Å². The van der Waals surface area contributed by atoms with E-state index in [9.17, 15) is 9.35 Å². The summed E-state index contributed by atoms with van der Waals surface area (Å²) >= 11 is -0.960. The predicted molar refractivity (Wildman–Crippen MR) is 120 cm³/mol. The summed E-state index contributed by atoms with van der Waals surface area (Å²) in [5, 5.41) is 6.92. The van der Waals surface area contributed by atoms with Gasteiger partial charge < -0.3 is 15.2 Å². The van der Waals surface area contributed by atoms with Crippen LogP contribution in [-0.2, 0) is 17.6 Å². The number of nitrogens with zero attached hydrogens (tertiary/aromatic N) is 4. The highest BCUT2D eigenvalue weighted by atomic mass is 32.2. The Balaban J connectivity index is 1.19. The van der Waals surface area contributed by atoms with Gasteiger partial charge in [-0.15, -0.1) is 0 Å². The average molecular weight is 437 g/mol. The lowest BCUT2D eigenvalue weighted by molar-refractivity contribution is 0.582. The Labute approximate surface area is 183 Å². The first-order valence-electron chi connectivity index (χ1n) is 10.6. The molecule has 2 aliphatic rings. The Morgan fingerprint density at radius 2 is 1.94 bits per heavy atom. The Morgan fingerprint density at radius 3 is 2.74 bits per heavy atom. The maximum atomic E-state index is 12.1. The third-order valence-corrected chi connectivity index (χ3v) is 7.28. The fourth-order valence-corrected chi connectivity index (χ4v) is 5.42. The fraction of sp³-hybridized carbons (Fsp3) is 0.364. The molecule has 0 amide bonds. The predicted octanol–water partition coefficient (Wildman–Crippen LogP) is 2.52. The largest absolute Gasteiger partial charge is 0.611 e. The molecule has 1 aliphatic heterocycles. The van der Waals surface area contributed by atoms with Crippen LogP contribution in [0, 0.1) is 0 Å². The Hall–Kier alpha value is -2.91. The molecule has 8 nitrogen and oxygen atoms in total. The van der Waals surface area contributed by atoms with E-state index in [0.717, 1.165) is 54.2 Å². The minimum absolute atomic E-state index is 0.0784. The van der Waals surface area contributed by atoms with Crippen LogP contribution in [0.4, 0.5) is 11.8 Å². The topological polar surface area (TPSA) is 108 Å². The molecule has 31 heavy (non-hydrogen) atoms. The van der Waals surface area contributed by atoms with E-state index in [1.165, 1.54) is 6.07 Å². The van der Waals surface area contributed by atoms with Crippen molar-refractivity contribution in [2.45, 2.75) is 49.1 Å². The van der Waals surface area contributed by atoms with Gasteiger partial charge in [-0.1, -0.05) is 6.07 Å². The molecule has 3 atom stereocenters. The standard InChI is InChI=1S/C22H24N6O2S/c29-21-5-1-2-10-28(21)17-8-9-20(23-13-17)25-15-6-7-16(12-15)26-22-24-14-19-18(27-22)4-3-11-31(19)30/h1-2,5,8-10,13-16H,3-4,6-7,11-12H2,(H,23,25)(H,24,26,27)/t15-,16-,31?/m0/s1. The molecule has 160 valence electrons. The van der Waals surface area contributed by atoms with E-state index in [1.54, 1.807) is 29.2 Å². The molecule has 3 aromatic heterocycles. The summed E-state index contributed by atoms with van der Waals surface area (Å²) < 4.78 is 13.6. The van der Waals surface area contributed by atoms with Crippen LogP contribution in [0.15, 0.2) is 58.6 Å². The number of hydrogen-bond donors (Lipinski definition) is 2. The quantitative estimate of drug-likeness (QED) is 0.592. The molecule has 0 spiro atoms. The van der Waals surface area contributed by atoms with Gasteiger partial charge in [0.25, 0.3) is 5.56 Å². The monoisotopic (exact) mass is 436 g/mol. The lowest BCUT2D eigenvalue weighted by atomic mass is 10.2. The van der Waals surface area contributed by atoms with Gasteiger partial charge in [-0.3, -0.25) is 9.36 Å². The third-order valence-electron chi connectivity index (χ3n) is 5.78. The summed E-state index contributed by atoms with van der Waals surface area (Å²) in [6.07, 6.45) is 9.91. The normalized spacial score (nSPS) is 22.7. The highest BCUT2D eigenvalue weighted by Crippen LogP contribution is 2.27. The van der Waals surface area contributed by atoms with Crippen LogP contribution in [0.25, 0.3) is 5.69 Å². The Bertz CT molecular complexity index is 1120. The van der Waals surface area contributed by atoms with E-state index in [-0.39, 0.29) is 11.6 Å². The second-order valence-corrected chi connectivity index (χ2v) is 9.50. The molecule has 0 saturated heterocycles. The number of aryl methyl sites for hydroxylation is 1. The first kappa shape index (κ1) is 20.0. The maximum Gasteiger partial charge on any atom is 0.255 e. The van der Waals surface area contributed by atoms with Crippen molar-refractivity contribution in [1.82, 2.24) is 19.5 Å². The van der Waals surface area contributed by atoms with Gasteiger partial charge in [0.15, 0.2) is 4.90 Å². The van der Waals surface area contributed by atoms with Crippen LogP contribution < -0.4 is 16.2 Å². The van der Waals surface area contributed by atoms with Crippen LogP contribution in [0.5, 0.6) is 0 Å². The molecule has 1 fully saturated rings. The molecule has 5 rings (SSSR count). The fourth-order valence-electron chi connectivity index (χ4n) is 4.22. The zero-order valence-electron chi connectivity index (χ0n) is 17.0. The van der Waals surface area contributed by atoms with Gasteiger partial charge in [0.1, 0.15) is 17.3 Å². The Kier molecular flexibility index (Phi) is 5.61. The number of fused-ring (bicyclic) bond motifs is 1. The smallest absolute Gasteiger partial charge is 0.255 e. The number of nitrogens with one attached hydrogen (secondary N) is 2. The lowest BCUT2D eigenvalue weighted by Crippen LogP contribution is -2.23. The van der Waals surface area contributed by atoms with Crippen LogP contribution in [0.2, 0.25) is 0 Å². The van der Waals surface area contributed by atoms with E-state index in [1.807, 2.05) is 18.2 Å². The first-order valence-corrected chi connectivity index (χ1v) is 11.9. The van der Waals surface area contributed by atoms with Gasteiger partial charge in [0.05, 0.1) is 18.1 Å². The van der Waals surface area contributed by atoms with Gasteiger partial charge in [-0.05, 0) is 61.5 Å². The van der Waals surface area contributed by atoms with Gasteiger partial charge in [0.2, 0.25) is 5.95 Å². The molecule has 1 saturated carbocycles. The van der Waals surface area contributed by atoms with Gasteiger partial charge in [0, 0.05) is 24.3 Å². The molecule has 0 bridgehead atoms. The van der Waals surface area contributed by atoms with Crippen LogP contribution >= 0.6 is 0 Å². The molecular formula is C22H24N6O2S. The molecule has 3 aromatic rings. The number of anilines is 2. The van der Waals surface area contributed by atoms with Crippen molar-refractivity contribution < 1.29 is 4.55 Å². The minimum atomic E-state index is -0.960. The summed E-state index contributed by atoms with van der Waals surface area (Å²) in [5.74, 6) is 2.13. The van der Waals surface area contributed by atoms with Crippen molar-refractivity contribution in [3.63, 3.8) is 0 Å². The zero-order valence-corrected chi connectivity index (χ0v) is 17.8. The number of pyridine rings is 2. The minimum Gasteiger partial charge on any atom is -0.611 e. The van der Waals surface area contributed by atoms with Crippen molar-refractivity contribution in [3.8, 4) is 5.69 Å². The average Bonchev–Trinajstić information content (AvgIpc) is 3.21. The summed E-state index contributed by atoms with van der Waals surface area (Å²) in [4.78, 5) is 26.2. The van der Waals surface area contributed by atoms with Gasteiger partial charge in [-0.25, -0.2) is 15.0 Å². The number of rotatable bonds is 5. The zero-order chi connectivity index (χ0) is 21.2. The van der Waals surface area contributed by atoms with Gasteiger partial charge in [-0.2, -0.15) is 0 Å². The van der Waals surface area contributed by atoms with Crippen molar-refractivity contribution in [2.75, 3.05) is 16.4 Å². The first-order chi connectivity index (χ1) is 15.2. The summed E-state index contributed by atoms with van der Waals surface area (Å²) in [7, 11) is 0. The van der Waals surface area contributed by atoms with Crippen molar-refractivity contribution >= 4 is 22.9 Å². The van der Waals surface area contributed by atoms with Crippen LogP contribution in [0.3, 0.4) is 0 Å². The second-order valence-electron chi connectivity index (χ2n) is 7.96. The molecule has 0 aromatic carbocycles. The van der Waals surface area contributed by atoms with Crippen molar-refractivity contribution in [3.05, 3.63) is 65.0 Å². The van der Waals surface area contributed by atoms with E-state index in [0.29, 0.717) is 17.7 Å². The van der Waals surface area contributed by atoms with Crippen LogP contribution in [0.1, 0.15) is 31.4 Å². The molecule has 4 heterocycles. The number of hydrogen-bond acceptors (Lipinski definition) is 7. The van der Waals surface area contributed by atoms with E-state index in [4.69, 9.17) is 0 Å². The van der Waals surface area contributed by atoms with E-state index >= 15 is 0 Å². The molecule has 2 N–H and O–H groups in total. The molecule has 0 radical (unpaired) electrons. The molecule has 9 heteroatoms. The molecule has 1 unspecified atom stereocenters. The summed E-state index contributed by atoms with van der Waals surface area (Å²) in [5.41, 5.74) is 1.58. The highest BCUT2D eigenvalue weighted by Gasteiger charge is 2.27. The highest BCUT2D eigenvalue weighted by molar-refractivity contribution is 7.91. The molecular weight excluding hydrogens is 412 g/mol. The van der Waals surface area contributed by atoms with E-state index < -0.39 is 11.2 Å². The number of aromatic nitrogens is 4. The molecule has 1 aliphatic carbocycles. The SMILES string of the molecule is O=c1ccccn1-c1ccc(N[C@H]2CC[C@H](Nc3ncc4c(n3)CCC[S+]4[O-])C2)nc1. The lowest BCUT2D eigenvalue weighted by Gasteiger charge is -2.19. The van der Waals surface area contributed by atoms with Crippen LogP contribution in [-0.4, -0.2) is 41.9 Å². The summed E-state index contributed by atoms with van der Waals surface area (Å²) in [6.45, 7) is 0.